The fraction of sp³-hybridized carbons (Fsp3) is 0.714. The zero-order valence-corrected chi connectivity index (χ0v) is 11.8. The van der Waals surface area contributed by atoms with Crippen LogP contribution in [0.4, 0.5) is 0 Å². The lowest BCUT2D eigenvalue weighted by atomic mass is 9.96. The number of carbonyl (C=O) groups excluding carboxylic acids is 2. The van der Waals surface area contributed by atoms with Crippen LogP contribution >= 0.6 is 0 Å². The molecule has 1 rings (SSSR count). The summed E-state index contributed by atoms with van der Waals surface area (Å²) in [6, 6.07) is 0. The summed E-state index contributed by atoms with van der Waals surface area (Å²) < 4.78 is 10.00. The Morgan fingerprint density at radius 3 is 2.80 bits per heavy atom. The maximum absolute atomic E-state index is 11.1. The van der Waals surface area contributed by atoms with E-state index < -0.39 is 36.4 Å². The molecule has 20 heavy (non-hydrogen) atoms. The predicted molar refractivity (Wildman–Crippen MR) is 70.7 cm³/mol. The Balaban J connectivity index is 2.66. The Labute approximate surface area is 118 Å². The maximum atomic E-state index is 11.1. The third-order valence-corrected chi connectivity index (χ3v) is 3.16. The molecule has 0 aromatic rings. The lowest BCUT2D eigenvalue weighted by Gasteiger charge is -2.31. The molecule has 1 heterocycles. The summed E-state index contributed by atoms with van der Waals surface area (Å²) in [7, 11) is 0. The van der Waals surface area contributed by atoms with Gasteiger partial charge in [0.15, 0.2) is 0 Å². The van der Waals surface area contributed by atoms with Gasteiger partial charge < -0.3 is 19.7 Å². The second kappa shape index (κ2) is 8.01. The van der Waals surface area contributed by atoms with E-state index >= 15 is 0 Å². The number of hydrogen-bond donors (Lipinski definition) is 2. The molecule has 0 aliphatic carbocycles. The third-order valence-electron chi connectivity index (χ3n) is 3.16. The number of unbranched alkanes of at least 4 members (excludes halogenated alkanes) is 1. The summed E-state index contributed by atoms with van der Waals surface area (Å²) in [5.74, 6) is -1.07. The van der Waals surface area contributed by atoms with Crippen LogP contribution in [0.15, 0.2) is 12.2 Å². The third kappa shape index (κ3) is 4.94. The molecular formula is C14H22O6. The summed E-state index contributed by atoms with van der Waals surface area (Å²) in [4.78, 5) is 22.2. The highest BCUT2D eigenvalue weighted by Crippen LogP contribution is 2.20. The molecule has 0 spiro atoms. The van der Waals surface area contributed by atoms with Gasteiger partial charge in [0, 0.05) is 19.4 Å². The van der Waals surface area contributed by atoms with Crippen LogP contribution in [-0.2, 0) is 19.1 Å². The molecule has 1 aliphatic heterocycles. The molecule has 2 N–H and O–H groups in total. The van der Waals surface area contributed by atoms with Crippen LogP contribution in [0, 0.1) is 0 Å². The van der Waals surface area contributed by atoms with Gasteiger partial charge in [-0.2, -0.15) is 0 Å². The van der Waals surface area contributed by atoms with Crippen molar-refractivity contribution in [2.75, 3.05) is 0 Å². The van der Waals surface area contributed by atoms with Crippen LogP contribution in [0.25, 0.3) is 0 Å². The smallest absolute Gasteiger partial charge is 0.330 e. The monoisotopic (exact) mass is 286 g/mol. The van der Waals surface area contributed by atoms with Crippen LogP contribution in [0.5, 0.6) is 0 Å². The Hall–Kier alpha value is -1.40. The van der Waals surface area contributed by atoms with Gasteiger partial charge in [-0.25, -0.2) is 4.79 Å². The Morgan fingerprint density at radius 1 is 1.55 bits per heavy atom. The molecule has 114 valence electrons. The minimum Gasteiger partial charge on any atom is -0.460 e. The van der Waals surface area contributed by atoms with E-state index in [4.69, 9.17) is 9.47 Å². The number of hydrogen-bond acceptors (Lipinski definition) is 6. The van der Waals surface area contributed by atoms with E-state index in [1.54, 1.807) is 6.08 Å². The second-order valence-electron chi connectivity index (χ2n) is 4.88. The van der Waals surface area contributed by atoms with E-state index in [2.05, 4.69) is 0 Å². The maximum Gasteiger partial charge on any atom is 0.330 e. The minimum absolute atomic E-state index is 0.324. The lowest BCUT2D eigenvalue weighted by Crippen LogP contribution is -2.47. The molecule has 4 atom stereocenters. The van der Waals surface area contributed by atoms with Crippen molar-refractivity contribution in [3.05, 3.63) is 12.2 Å². The lowest BCUT2D eigenvalue weighted by molar-refractivity contribution is -0.172. The van der Waals surface area contributed by atoms with Crippen molar-refractivity contribution in [2.24, 2.45) is 0 Å². The van der Waals surface area contributed by atoms with Gasteiger partial charge in [0.1, 0.15) is 24.4 Å². The Kier molecular flexibility index (Phi) is 6.67. The van der Waals surface area contributed by atoms with Gasteiger partial charge in [0.25, 0.3) is 0 Å². The zero-order valence-electron chi connectivity index (χ0n) is 11.8. The first-order valence-corrected chi connectivity index (χ1v) is 6.86. The van der Waals surface area contributed by atoms with Crippen molar-refractivity contribution < 1.29 is 29.3 Å². The van der Waals surface area contributed by atoms with Crippen LogP contribution in [0.2, 0.25) is 0 Å². The standard InChI is InChI=1S/C14H22O6/c1-3-4-6-10(19-9(2)15)13(17)14(18)11-7-5-8-12(16)20-11/h5,8,10-11,13-14,17-18H,3-4,6-7H2,1-2H3/t10-,11+,13-,14-/m0/s1. The van der Waals surface area contributed by atoms with Crippen molar-refractivity contribution in [1.29, 1.82) is 0 Å². The number of carbonyl (C=O) groups is 2. The van der Waals surface area contributed by atoms with Crippen molar-refractivity contribution >= 4 is 11.9 Å². The minimum atomic E-state index is -1.29. The van der Waals surface area contributed by atoms with Crippen molar-refractivity contribution in [3.8, 4) is 0 Å². The molecular weight excluding hydrogens is 264 g/mol. The molecule has 0 fully saturated rings. The summed E-state index contributed by atoms with van der Waals surface area (Å²) >= 11 is 0. The van der Waals surface area contributed by atoms with Crippen LogP contribution in [0.3, 0.4) is 0 Å². The largest absolute Gasteiger partial charge is 0.460 e. The van der Waals surface area contributed by atoms with Gasteiger partial charge in [-0.05, 0) is 12.8 Å². The number of cyclic esters (lactones) is 1. The highest BCUT2D eigenvalue weighted by atomic mass is 16.6. The van der Waals surface area contributed by atoms with Gasteiger partial charge in [-0.15, -0.1) is 0 Å². The fourth-order valence-electron chi connectivity index (χ4n) is 2.10. The molecule has 0 saturated heterocycles. The van der Waals surface area contributed by atoms with E-state index in [9.17, 15) is 19.8 Å². The number of aliphatic hydroxyl groups is 2. The van der Waals surface area contributed by atoms with E-state index in [0.717, 1.165) is 12.8 Å². The average molecular weight is 286 g/mol. The van der Waals surface area contributed by atoms with E-state index in [-0.39, 0.29) is 0 Å². The van der Waals surface area contributed by atoms with E-state index in [1.807, 2.05) is 6.92 Å². The summed E-state index contributed by atoms with van der Waals surface area (Å²) in [6.45, 7) is 3.22. The molecule has 6 nitrogen and oxygen atoms in total. The normalized spacial score (nSPS) is 22.8. The first-order valence-electron chi connectivity index (χ1n) is 6.86. The van der Waals surface area contributed by atoms with Gasteiger partial charge in [0.2, 0.25) is 0 Å². The second-order valence-corrected chi connectivity index (χ2v) is 4.88. The van der Waals surface area contributed by atoms with Gasteiger partial charge >= 0.3 is 11.9 Å². The molecule has 6 heteroatoms. The summed E-state index contributed by atoms with van der Waals surface area (Å²) in [6.07, 6.45) is 1.08. The zero-order chi connectivity index (χ0) is 15.1. The Morgan fingerprint density at radius 2 is 2.25 bits per heavy atom. The van der Waals surface area contributed by atoms with E-state index in [0.29, 0.717) is 12.8 Å². The van der Waals surface area contributed by atoms with Crippen LogP contribution in [-0.4, -0.2) is 46.6 Å². The number of esters is 2. The number of ether oxygens (including phenoxy) is 2. The predicted octanol–water partition coefficient (Wildman–Crippen LogP) is 0.702. The van der Waals surface area contributed by atoms with Gasteiger partial charge in [-0.3, -0.25) is 4.79 Å². The molecule has 0 amide bonds. The first-order chi connectivity index (χ1) is 9.45. The van der Waals surface area contributed by atoms with Crippen molar-refractivity contribution in [1.82, 2.24) is 0 Å². The molecule has 0 saturated carbocycles. The number of rotatable bonds is 7. The topological polar surface area (TPSA) is 93.1 Å². The number of aliphatic hydroxyl groups excluding tert-OH is 2. The average Bonchev–Trinajstić information content (AvgIpc) is 2.41. The molecule has 0 aromatic heterocycles. The highest BCUT2D eigenvalue weighted by Gasteiger charge is 2.36. The summed E-state index contributed by atoms with van der Waals surface area (Å²) in [5.41, 5.74) is 0. The van der Waals surface area contributed by atoms with Crippen LogP contribution in [0.1, 0.15) is 39.5 Å². The SMILES string of the molecule is CCCC[C@H](OC(C)=O)[C@H](O)[C@@H](O)[C@H]1CC=CC(=O)O1. The molecule has 0 aromatic carbocycles. The first kappa shape index (κ1) is 16.7. The molecule has 0 unspecified atom stereocenters. The quantitative estimate of drug-likeness (QED) is 0.669. The van der Waals surface area contributed by atoms with Crippen molar-refractivity contribution in [3.63, 3.8) is 0 Å². The van der Waals surface area contributed by atoms with E-state index in [1.165, 1.54) is 13.0 Å². The molecule has 1 aliphatic rings. The molecule has 0 radical (unpaired) electrons. The van der Waals surface area contributed by atoms with Crippen molar-refractivity contribution in [2.45, 2.75) is 63.9 Å². The van der Waals surface area contributed by atoms with Crippen LogP contribution < -0.4 is 0 Å². The summed E-state index contributed by atoms with van der Waals surface area (Å²) in [5, 5.41) is 20.2. The van der Waals surface area contributed by atoms with Gasteiger partial charge in [-0.1, -0.05) is 19.4 Å². The highest BCUT2D eigenvalue weighted by molar-refractivity contribution is 5.82. The van der Waals surface area contributed by atoms with Gasteiger partial charge in [0.05, 0.1) is 0 Å². The Bertz CT molecular complexity index is 365. The molecule has 0 bridgehead atoms. The fourth-order valence-corrected chi connectivity index (χ4v) is 2.10.